The predicted molar refractivity (Wildman–Crippen MR) is 275 cm³/mol. The summed E-state index contributed by atoms with van der Waals surface area (Å²) >= 11 is 0. The summed E-state index contributed by atoms with van der Waals surface area (Å²) in [5, 5.41) is 6.93. The second-order valence-electron chi connectivity index (χ2n) is 20.5. The molecule has 4 amide bonds. The Morgan fingerprint density at radius 1 is 0.379 bits per heavy atom. The molecule has 0 radical (unpaired) electrons. The molecule has 0 N–H and O–H groups in total. The van der Waals surface area contributed by atoms with Crippen LogP contribution in [-0.2, 0) is 6.42 Å². The number of nitrogens with zero attached hydrogens (tertiary/aromatic N) is 2. The van der Waals surface area contributed by atoms with E-state index in [0.29, 0.717) is 44.4 Å². The van der Waals surface area contributed by atoms with Gasteiger partial charge in [-0.1, -0.05) is 175 Å². The molecule has 6 heteroatoms. The fourth-order valence-electron chi connectivity index (χ4n) is 11.4. The van der Waals surface area contributed by atoms with Gasteiger partial charge in [-0.3, -0.25) is 19.2 Å². The van der Waals surface area contributed by atoms with E-state index in [-0.39, 0.29) is 47.3 Å². The van der Waals surface area contributed by atoms with Crippen molar-refractivity contribution in [2.45, 2.75) is 157 Å². The molecule has 0 aromatic heterocycles. The van der Waals surface area contributed by atoms with E-state index in [0.717, 1.165) is 85.8 Å². The van der Waals surface area contributed by atoms with E-state index in [1.54, 1.807) is 0 Å². The first-order valence-electron chi connectivity index (χ1n) is 25.0. The zero-order valence-electron chi connectivity index (χ0n) is 40.6. The summed E-state index contributed by atoms with van der Waals surface area (Å²) in [6.07, 6.45) is 12.9. The summed E-state index contributed by atoms with van der Waals surface area (Å²) in [5.41, 5.74) is 8.45. The molecule has 0 aliphatic carbocycles. The zero-order chi connectivity index (χ0) is 46.7. The van der Waals surface area contributed by atoms with Crippen molar-refractivity contribution >= 4 is 78.1 Å². The van der Waals surface area contributed by atoms with Crippen LogP contribution < -0.4 is 9.80 Å². The van der Waals surface area contributed by atoms with Gasteiger partial charge in [-0.05, 0) is 121 Å². The summed E-state index contributed by atoms with van der Waals surface area (Å²) in [7, 11) is 0. The number of carbonyl (C=O) groups is 4. The normalized spacial score (nSPS) is 14.2. The largest absolute Gasteiger partial charge is 0.268 e. The summed E-state index contributed by atoms with van der Waals surface area (Å²) in [6.45, 7) is 19.1. The monoisotopic (exact) mass is 879 g/mol. The Bertz CT molecular complexity index is 3000. The van der Waals surface area contributed by atoms with Gasteiger partial charge in [0, 0.05) is 33.0 Å². The Hall–Kier alpha value is -5.88. The molecule has 0 fully saturated rings. The number of carbonyl (C=O) groups excluding carboxylic acids is 4. The number of amides is 4. The highest BCUT2D eigenvalue weighted by molar-refractivity contribution is 6.46. The number of para-hydroxylation sites is 2. The van der Waals surface area contributed by atoms with Gasteiger partial charge < -0.3 is 0 Å². The average Bonchev–Trinajstić information content (AvgIpc) is 3.30. The summed E-state index contributed by atoms with van der Waals surface area (Å²) in [6, 6.07) is 26.2. The second kappa shape index (κ2) is 18.1. The van der Waals surface area contributed by atoms with Gasteiger partial charge in [0.2, 0.25) is 0 Å². The molecule has 9 rings (SSSR count). The lowest BCUT2D eigenvalue weighted by Crippen LogP contribution is -2.42. The first-order valence-corrected chi connectivity index (χ1v) is 25.0. The van der Waals surface area contributed by atoms with E-state index in [1.165, 1.54) is 54.7 Å². The molecule has 7 aromatic carbocycles. The maximum atomic E-state index is 15.3. The smallest absolute Gasteiger partial charge is 0.266 e. The number of fused-ring (bicyclic) bond motifs is 2. The number of aryl methyl sites for hydroxylation is 1. The Morgan fingerprint density at radius 2 is 0.742 bits per heavy atom. The van der Waals surface area contributed by atoms with Gasteiger partial charge in [-0.2, -0.15) is 0 Å². The standard InChI is InChI=1S/C60H66N2O4/c1-10-11-12-13-14-15-16-17-18-19-22-38-33-49-53-48(59(65)62(60(49)66)56-41(36(6)7)25-21-26-42(56)37(8)9)31-28-44-43-27-30-46-52-47(32-29-45(51(43)52)50(38)54(44)53)58(64)61(57(46)63)55-39(34(2)3)23-20-24-40(55)35(4)5/h20-21,23-37H,10-19,22H2,1-9H3. The molecular formula is C60H66N2O4. The maximum Gasteiger partial charge on any atom is 0.266 e. The molecule has 0 spiro atoms. The van der Waals surface area contributed by atoms with Gasteiger partial charge in [-0.15, -0.1) is 0 Å². The van der Waals surface area contributed by atoms with Crippen LogP contribution in [0.15, 0.2) is 78.9 Å². The van der Waals surface area contributed by atoms with E-state index in [9.17, 15) is 0 Å². The van der Waals surface area contributed by atoms with Gasteiger partial charge >= 0.3 is 0 Å². The minimum atomic E-state index is -0.313. The molecule has 340 valence electrons. The van der Waals surface area contributed by atoms with Crippen LogP contribution in [-0.4, -0.2) is 23.6 Å². The van der Waals surface area contributed by atoms with Crippen LogP contribution in [0.4, 0.5) is 11.4 Å². The van der Waals surface area contributed by atoms with Crippen LogP contribution in [0.1, 0.15) is 219 Å². The summed E-state index contributed by atoms with van der Waals surface area (Å²) in [4.78, 5) is 63.4. The van der Waals surface area contributed by atoms with Crippen LogP contribution in [0.3, 0.4) is 0 Å². The van der Waals surface area contributed by atoms with Crippen LogP contribution in [0.25, 0.3) is 43.1 Å². The highest BCUT2D eigenvalue weighted by Gasteiger charge is 2.41. The highest BCUT2D eigenvalue weighted by atomic mass is 16.2. The molecule has 2 aliphatic heterocycles. The predicted octanol–water partition coefficient (Wildman–Crippen LogP) is 16.3. The Morgan fingerprint density at radius 3 is 1.17 bits per heavy atom. The number of anilines is 2. The van der Waals surface area contributed by atoms with Crippen molar-refractivity contribution in [3.63, 3.8) is 0 Å². The molecule has 0 atom stereocenters. The van der Waals surface area contributed by atoms with E-state index < -0.39 is 0 Å². The number of rotatable bonds is 17. The third-order valence-corrected chi connectivity index (χ3v) is 14.8. The Kier molecular flexibility index (Phi) is 12.4. The SMILES string of the molecule is CCCCCCCCCCCCc1cc2c3c(ccc4c5ccc6c7c(ccc(c1c34)c75)C(=O)N(c1c(C(C)C)cccc1C(C)C)C6=O)C(=O)N(c1c(C(C)C)cccc1C(C)C)C2=O. The number of hydrogen-bond donors (Lipinski definition) is 0. The molecule has 0 unspecified atom stereocenters. The number of benzene rings is 7. The van der Waals surface area contributed by atoms with Crippen LogP contribution in [0.5, 0.6) is 0 Å². The van der Waals surface area contributed by atoms with Gasteiger partial charge in [0.15, 0.2) is 0 Å². The van der Waals surface area contributed by atoms with Crippen molar-refractivity contribution in [3.05, 3.63) is 129 Å². The lowest BCUT2D eigenvalue weighted by molar-refractivity contribution is 0.0877. The van der Waals surface area contributed by atoms with Gasteiger partial charge in [0.1, 0.15) is 0 Å². The van der Waals surface area contributed by atoms with Crippen LogP contribution in [0, 0.1) is 0 Å². The van der Waals surface area contributed by atoms with Crippen molar-refractivity contribution in [2.24, 2.45) is 0 Å². The summed E-state index contributed by atoms with van der Waals surface area (Å²) in [5.74, 6) is -0.849. The fraction of sp³-hybridized carbons (Fsp3) is 0.400. The topological polar surface area (TPSA) is 74.8 Å². The molecule has 0 saturated carbocycles. The quantitative estimate of drug-likeness (QED) is 0.0395. The average molecular weight is 879 g/mol. The zero-order valence-corrected chi connectivity index (χ0v) is 40.6. The molecule has 6 nitrogen and oxygen atoms in total. The van der Waals surface area contributed by atoms with Crippen LogP contribution in [0.2, 0.25) is 0 Å². The maximum absolute atomic E-state index is 15.3. The summed E-state index contributed by atoms with van der Waals surface area (Å²) < 4.78 is 0. The Balaban J connectivity index is 1.24. The Labute approximate surface area is 391 Å². The van der Waals surface area contributed by atoms with Gasteiger partial charge in [0.25, 0.3) is 23.6 Å². The van der Waals surface area contributed by atoms with E-state index in [1.807, 2.05) is 54.6 Å². The number of unbranched alkanes of at least 4 members (excludes halogenated alkanes) is 9. The first kappa shape index (κ1) is 45.3. The molecule has 0 saturated heterocycles. The van der Waals surface area contributed by atoms with E-state index in [4.69, 9.17) is 0 Å². The molecule has 7 aromatic rings. The van der Waals surface area contributed by atoms with Crippen molar-refractivity contribution in [2.75, 3.05) is 9.80 Å². The van der Waals surface area contributed by atoms with E-state index in [2.05, 4.69) is 86.6 Å². The molecule has 0 bridgehead atoms. The van der Waals surface area contributed by atoms with E-state index >= 15 is 19.2 Å². The van der Waals surface area contributed by atoms with Crippen molar-refractivity contribution in [1.82, 2.24) is 0 Å². The molecular weight excluding hydrogens is 813 g/mol. The van der Waals surface area contributed by atoms with Gasteiger partial charge in [0.05, 0.1) is 11.4 Å². The molecule has 66 heavy (non-hydrogen) atoms. The number of imide groups is 2. The second-order valence-corrected chi connectivity index (χ2v) is 20.5. The third-order valence-electron chi connectivity index (χ3n) is 14.8. The third kappa shape index (κ3) is 7.30. The van der Waals surface area contributed by atoms with Crippen molar-refractivity contribution in [1.29, 1.82) is 0 Å². The number of hydrogen-bond acceptors (Lipinski definition) is 4. The van der Waals surface area contributed by atoms with Crippen molar-refractivity contribution < 1.29 is 19.2 Å². The lowest BCUT2D eigenvalue weighted by Gasteiger charge is -2.34. The highest BCUT2D eigenvalue weighted by Crippen LogP contribution is 2.50. The minimum absolute atomic E-state index is 0.0922. The lowest BCUT2D eigenvalue weighted by atomic mass is 9.79. The van der Waals surface area contributed by atoms with Crippen LogP contribution >= 0.6 is 0 Å². The molecule has 2 aliphatic rings. The molecule has 2 heterocycles. The van der Waals surface area contributed by atoms with Crippen molar-refractivity contribution in [3.8, 4) is 0 Å². The first-order chi connectivity index (χ1) is 31.8. The minimum Gasteiger partial charge on any atom is -0.268 e. The fourth-order valence-corrected chi connectivity index (χ4v) is 11.4. The van der Waals surface area contributed by atoms with Gasteiger partial charge in [-0.25, -0.2) is 9.80 Å².